The topological polar surface area (TPSA) is 78.1 Å². The minimum atomic E-state index is -0.00440. The highest BCUT2D eigenvalue weighted by atomic mass is 16.2. The summed E-state index contributed by atoms with van der Waals surface area (Å²) >= 11 is 0. The molecule has 0 aliphatic carbocycles. The number of carbonyl (C=O) groups excluding carboxylic acids is 2. The van der Waals surface area contributed by atoms with E-state index in [1.807, 2.05) is 59.5 Å². The maximum Gasteiger partial charge on any atom is 0.222 e. The number of H-pyrrole nitrogens is 1. The Bertz CT molecular complexity index is 958. The Kier molecular flexibility index (Phi) is 6.42. The number of aromatic amines is 1. The van der Waals surface area contributed by atoms with E-state index >= 15 is 0 Å². The second kappa shape index (κ2) is 9.57. The van der Waals surface area contributed by atoms with Crippen molar-refractivity contribution in [2.75, 3.05) is 13.1 Å². The van der Waals surface area contributed by atoms with Gasteiger partial charge in [0, 0.05) is 38.4 Å². The lowest BCUT2D eigenvalue weighted by molar-refractivity contribution is -0.132. The first kappa shape index (κ1) is 20.1. The lowest BCUT2D eigenvalue weighted by atomic mass is 9.96. The molecule has 4 rings (SSSR count). The minimum absolute atomic E-state index is 0.00440. The van der Waals surface area contributed by atoms with Crippen LogP contribution in [0.5, 0.6) is 0 Å². The monoisotopic (exact) mass is 404 g/mol. The van der Waals surface area contributed by atoms with E-state index in [2.05, 4.69) is 10.3 Å². The number of fused-ring (bicyclic) bond motifs is 1. The zero-order valence-corrected chi connectivity index (χ0v) is 17.1. The molecule has 3 aromatic rings. The third-order valence-corrected chi connectivity index (χ3v) is 5.77. The SMILES string of the molecule is O=C(CCCC(=O)N1CCC(c2nc3ccccc3[nH]2)CC1)NCc1ccccc1. The predicted octanol–water partition coefficient (Wildman–Crippen LogP) is 3.76. The number of hydrogen-bond donors (Lipinski definition) is 2. The van der Waals surface area contributed by atoms with Crippen LogP contribution >= 0.6 is 0 Å². The molecule has 0 spiro atoms. The van der Waals surface area contributed by atoms with Crippen molar-refractivity contribution in [1.29, 1.82) is 0 Å². The van der Waals surface area contributed by atoms with Crippen LogP contribution < -0.4 is 5.32 Å². The largest absolute Gasteiger partial charge is 0.352 e. The molecule has 0 radical (unpaired) electrons. The first-order chi connectivity index (χ1) is 14.7. The molecule has 6 nitrogen and oxygen atoms in total. The lowest BCUT2D eigenvalue weighted by Gasteiger charge is -2.31. The van der Waals surface area contributed by atoms with Crippen LogP contribution in [0.3, 0.4) is 0 Å². The number of likely N-dealkylation sites (tertiary alicyclic amines) is 1. The molecule has 2 aromatic carbocycles. The van der Waals surface area contributed by atoms with Gasteiger partial charge in [0.25, 0.3) is 0 Å². The second-order valence-corrected chi connectivity index (χ2v) is 7.91. The Morgan fingerprint density at radius 2 is 1.73 bits per heavy atom. The second-order valence-electron chi connectivity index (χ2n) is 7.91. The number of aromatic nitrogens is 2. The number of amides is 2. The number of carbonyl (C=O) groups is 2. The van der Waals surface area contributed by atoms with Gasteiger partial charge < -0.3 is 15.2 Å². The number of piperidine rings is 1. The maximum atomic E-state index is 12.5. The van der Waals surface area contributed by atoms with Crippen LogP contribution in [-0.4, -0.2) is 39.8 Å². The summed E-state index contributed by atoms with van der Waals surface area (Å²) in [5, 5.41) is 2.91. The maximum absolute atomic E-state index is 12.5. The third kappa shape index (κ3) is 5.06. The molecule has 1 saturated heterocycles. The van der Waals surface area contributed by atoms with E-state index in [0.29, 0.717) is 31.7 Å². The number of nitrogens with zero attached hydrogens (tertiary/aromatic N) is 2. The Morgan fingerprint density at radius 3 is 2.50 bits per heavy atom. The summed E-state index contributed by atoms with van der Waals surface area (Å²) < 4.78 is 0. The standard InChI is InChI=1S/C24H28N4O2/c29-22(25-17-18-7-2-1-3-8-18)11-6-12-23(30)28-15-13-19(14-16-28)24-26-20-9-4-5-10-21(20)27-24/h1-5,7-10,19H,6,11-17H2,(H,25,29)(H,26,27). The first-order valence-corrected chi connectivity index (χ1v) is 10.7. The summed E-state index contributed by atoms with van der Waals surface area (Å²) in [5.74, 6) is 1.53. The Hall–Kier alpha value is -3.15. The highest BCUT2D eigenvalue weighted by Gasteiger charge is 2.25. The van der Waals surface area contributed by atoms with Crippen molar-refractivity contribution in [3.8, 4) is 0 Å². The van der Waals surface area contributed by atoms with Gasteiger partial charge in [0.1, 0.15) is 5.82 Å². The summed E-state index contributed by atoms with van der Waals surface area (Å²) in [4.78, 5) is 34.6. The van der Waals surface area contributed by atoms with Crippen molar-refractivity contribution in [1.82, 2.24) is 20.2 Å². The predicted molar refractivity (Wildman–Crippen MR) is 117 cm³/mol. The summed E-state index contributed by atoms with van der Waals surface area (Å²) in [6, 6.07) is 17.9. The highest BCUT2D eigenvalue weighted by molar-refractivity contribution is 5.79. The van der Waals surface area contributed by atoms with Gasteiger partial charge in [0.05, 0.1) is 11.0 Å². The first-order valence-electron chi connectivity index (χ1n) is 10.7. The molecular weight excluding hydrogens is 376 g/mol. The normalized spacial score (nSPS) is 14.7. The van der Waals surface area contributed by atoms with Crippen LogP contribution in [0.25, 0.3) is 11.0 Å². The fourth-order valence-corrected chi connectivity index (χ4v) is 4.01. The van der Waals surface area contributed by atoms with E-state index in [9.17, 15) is 9.59 Å². The van der Waals surface area contributed by atoms with Crippen LogP contribution in [0.1, 0.15) is 49.4 Å². The molecule has 0 saturated carbocycles. The van der Waals surface area contributed by atoms with Crippen LogP contribution in [0.15, 0.2) is 54.6 Å². The highest BCUT2D eigenvalue weighted by Crippen LogP contribution is 2.28. The molecule has 30 heavy (non-hydrogen) atoms. The van der Waals surface area contributed by atoms with Gasteiger partial charge in [-0.1, -0.05) is 42.5 Å². The fraction of sp³-hybridized carbons (Fsp3) is 0.375. The number of imidazole rings is 1. The molecule has 1 aliphatic heterocycles. The minimum Gasteiger partial charge on any atom is -0.352 e. The van der Waals surface area contributed by atoms with E-state index in [0.717, 1.165) is 48.4 Å². The number of nitrogens with one attached hydrogen (secondary N) is 2. The van der Waals surface area contributed by atoms with E-state index in [1.54, 1.807) is 0 Å². The van der Waals surface area contributed by atoms with Crippen LogP contribution in [0.4, 0.5) is 0 Å². The Labute approximate surface area is 176 Å². The van der Waals surface area contributed by atoms with Crippen molar-refractivity contribution in [3.63, 3.8) is 0 Å². The van der Waals surface area contributed by atoms with Gasteiger partial charge in [-0.15, -0.1) is 0 Å². The molecule has 1 aromatic heterocycles. The number of benzene rings is 2. The van der Waals surface area contributed by atoms with Gasteiger partial charge in [-0.25, -0.2) is 4.98 Å². The van der Waals surface area contributed by atoms with Crippen LogP contribution in [-0.2, 0) is 16.1 Å². The zero-order chi connectivity index (χ0) is 20.8. The smallest absolute Gasteiger partial charge is 0.222 e. The fourth-order valence-electron chi connectivity index (χ4n) is 4.01. The van der Waals surface area contributed by atoms with Crippen molar-refractivity contribution in [2.24, 2.45) is 0 Å². The van der Waals surface area contributed by atoms with Crippen LogP contribution in [0.2, 0.25) is 0 Å². The van der Waals surface area contributed by atoms with Crippen molar-refractivity contribution in [2.45, 2.75) is 44.6 Å². The van der Waals surface area contributed by atoms with Crippen molar-refractivity contribution < 1.29 is 9.59 Å². The Morgan fingerprint density at radius 1 is 1.00 bits per heavy atom. The summed E-state index contributed by atoms with van der Waals surface area (Å²) in [5.41, 5.74) is 3.14. The number of para-hydroxylation sites is 2. The van der Waals surface area contributed by atoms with E-state index < -0.39 is 0 Å². The molecule has 1 fully saturated rings. The summed E-state index contributed by atoms with van der Waals surface area (Å²) in [7, 11) is 0. The van der Waals surface area contributed by atoms with E-state index in [1.165, 1.54) is 0 Å². The molecule has 1 aliphatic rings. The molecule has 6 heteroatoms. The molecule has 0 bridgehead atoms. The van der Waals surface area contributed by atoms with Gasteiger partial charge in [0.15, 0.2) is 0 Å². The lowest BCUT2D eigenvalue weighted by Crippen LogP contribution is -2.38. The quantitative estimate of drug-likeness (QED) is 0.629. The van der Waals surface area contributed by atoms with Gasteiger partial charge >= 0.3 is 0 Å². The molecule has 2 amide bonds. The molecule has 0 unspecified atom stereocenters. The van der Waals surface area contributed by atoms with Crippen molar-refractivity contribution in [3.05, 3.63) is 66.0 Å². The average Bonchev–Trinajstić information content (AvgIpc) is 3.23. The zero-order valence-electron chi connectivity index (χ0n) is 17.1. The third-order valence-electron chi connectivity index (χ3n) is 5.77. The molecule has 2 N–H and O–H groups in total. The molecular formula is C24H28N4O2. The summed E-state index contributed by atoms with van der Waals surface area (Å²) in [6.45, 7) is 2.03. The number of hydrogen-bond acceptors (Lipinski definition) is 3. The number of rotatable bonds is 7. The molecule has 2 heterocycles. The van der Waals surface area contributed by atoms with Gasteiger partial charge in [0.2, 0.25) is 11.8 Å². The molecule has 156 valence electrons. The van der Waals surface area contributed by atoms with Gasteiger partial charge in [-0.3, -0.25) is 9.59 Å². The molecule has 0 atom stereocenters. The van der Waals surface area contributed by atoms with Crippen LogP contribution in [0, 0.1) is 0 Å². The van der Waals surface area contributed by atoms with E-state index in [4.69, 9.17) is 4.98 Å². The van der Waals surface area contributed by atoms with Crippen molar-refractivity contribution >= 4 is 22.8 Å². The van der Waals surface area contributed by atoms with E-state index in [-0.39, 0.29) is 11.8 Å². The average molecular weight is 405 g/mol. The summed E-state index contributed by atoms with van der Waals surface area (Å²) in [6.07, 6.45) is 3.23. The van der Waals surface area contributed by atoms with Gasteiger partial charge in [-0.05, 0) is 37.0 Å². The van der Waals surface area contributed by atoms with Gasteiger partial charge in [-0.2, -0.15) is 0 Å². The Balaban J connectivity index is 1.17.